The van der Waals surface area contributed by atoms with Crippen molar-refractivity contribution in [2.75, 3.05) is 0 Å². The third kappa shape index (κ3) is 2.98. The smallest absolute Gasteiger partial charge is 0.298 e. The van der Waals surface area contributed by atoms with Gasteiger partial charge in [0.1, 0.15) is 11.6 Å². The lowest BCUT2D eigenvalue weighted by molar-refractivity contribution is 0.476. The molecule has 0 atom stereocenters. The lowest BCUT2D eigenvalue weighted by Gasteiger charge is -2.04. The first-order valence-corrected chi connectivity index (χ1v) is 6.75. The van der Waals surface area contributed by atoms with Gasteiger partial charge in [0.25, 0.3) is 5.19 Å². The topological polar surface area (TPSA) is 61.0 Å². The molecule has 0 saturated carbocycles. The molecule has 0 aliphatic rings. The minimum atomic E-state index is 0.293. The summed E-state index contributed by atoms with van der Waals surface area (Å²) in [6.45, 7) is 4.49. The van der Waals surface area contributed by atoms with Crippen molar-refractivity contribution in [3.8, 4) is 10.9 Å². The first kappa shape index (κ1) is 13.3. The molecule has 4 nitrogen and oxygen atoms in total. The molecule has 0 fully saturated rings. The van der Waals surface area contributed by atoms with Crippen molar-refractivity contribution in [1.82, 2.24) is 9.36 Å². The molecule has 1 heterocycles. The number of nitrogens with two attached hydrogens (primary N) is 1. The van der Waals surface area contributed by atoms with Crippen LogP contribution in [0.1, 0.15) is 31.2 Å². The molecule has 0 spiro atoms. The number of halogens is 1. The molecular weight excluding hydrogens is 270 g/mol. The summed E-state index contributed by atoms with van der Waals surface area (Å²) in [5, 5.41) is 1.12. The van der Waals surface area contributed by atoms with Crippen molar-refractivity contribution in [2.24, 2.45) is 5.73 Å². The normalized spacial score (nSPS) is 10.9. The van der Waals surface area contributed by atoms with Gasteiger partial charge in [-0.3, -0.25) is 0 Å². The van der Waals surface area contributed by atoms with Crippen LogP contribution < -0.4 is 10.5 Å². The van der Waals surface area contributed by atoms with Gasteiger partial charge in [-0.05, 0) is 17.7 Å². The molecule has 2 rings (SSSR count). The zero-order valence-electron chi connectivity index (χ0n) is 10.2. The van der Waals surface area contributed by atoms with E-state index < -0.39 is 0 Å². The fraction of sp³-hybridized carbons (Fsp3) is 0.333. The Labute approximate surface area is 115 Å². The Balaban J connectivity index is 2.15. The van der Waals surface area contributed by atoms with Gasteiger partial charge in [0.15, 0.2) is 0 Å². The highest BCUT2D eigenvalue weighted by Crippen LogP contribution is 2.28. The van der Waals surface area contributed by atoms with Crippen LogP contribution >= 0.6 is 23.1 Å². The fourth-order valence-corrected chi connectivity index (χ4v) is 2.29. The molecular formula is C12H14ClN3OS. The maximum absolute atomic E-state index is 6.06. The van der Waals surface area contributed by atoms with Gasteiger partial charge < -0.3 is 10.5 Å². The highest BCUT2D eigenvalue weighted by molar-refractivity contribution is 7.07. The average Bonchev–Trinajstić information content (AvgIpc) is 2.78. The Bertz CT molecular complexity index is 542. The van der Waals surface area contributed by atoms with E-state index in [2.05, 4.69) is 9.36 Å². The Morgan fingerprint density at radius 3 is 2.78 bits per heavy atom. The van der Waals surface area contributed by atoms with Crippen LogP contribution in [-0.2, 0) is 6.54 Å². The van der Waals surface area contributed by atoms with Gasteiger partial charge in [0.2, 0.25) is 0 Å². The van der Waals surface area contributed by atoms with Gasteiger partial charge in [0, 0.05) is 29.0 Å². The Hall–Kier alpha value is -1.17. The first-order valence-electron chi connectivity index (χ1n) is 5.60. The van der Waals surface area contributed by atoms with Crippen LogP contribution in [0.4, 0.5) is 0 Å². The standard InChI is InChI=1S/C12H14ClN3OS/c1-7(2)11-15-12(18-16-11)17-9-4-3-8(6-14)10(13)5-9/h3-5,7H,6,14H2,1-2H3. The highest BCUT2D eigenvalue weighted by Gasteiger charge is 2.10. The maximum atomic E-state index is 6.06. The number of rotatable bonds is 4. The number of hydrogen-bond acceptors (Lipinski definition) is 5. The minimum Gasteiger partial charge on any atom is -0.430 e. The molecule has 6 heteroatoms. The fourth-order valence-electron chi connectivity index (χ4n) is 1.35. The number of benzene rings is 1. The van der Waals surface area contributed by atoms with Gasteiger partial charge >= 0.3 is 0 Å². The SMILES string of the molecule is CC(C)c1nsc(Oc2ccc(CN)c(Cl)c2)n1. The zero-order chi connectivity index (χ0) is 13.1. The van der Waals surface area contributed by atoms with Gasteiger partial charge in [-0.2, -0.15) is 9.36 Å². The quantitative estimate of drug-likeness (QED) is 0.932. The van der Waals surface area contributed by atoms with E-state index in [4.69, 9.17) is 22.1 Å². The van der Waals surface area contributed by atoms with Gasteiger partial charge in [0.05, 0.1) is 0 Å². The monoisotopic (exact) mass is 283 g/mol. The lowest BCUT2D eigenvalue weighted by atomic mass is 10.2. The predicted molar refractivity (Wildman–Crippen MR) is 73.4 cm³/mol. The number of nitrogens with zero attached hydrogens (tertiary/aromatic N) is 2. The predicted octanol–water partition coefficient (Wildman–Crippen LogP) is 3.57. The van der Waals surface area contributed by atoms with Crippen molar-refractivity contribution in [3.05, 3.63) is 34.6 Å². The summed E-state index contributed by atoms with van der Waals surface area (Å²) < 4.78 is 9.83. The van der Waals surface area contributed by atoms with Crippen molar-refractivity contribution in [1.29, 1.82) is 0 Å². The lowest BCUT2D eigenvalue weighted by Crippen LogP contribution is -1.97. The molecule has 1 aromatic carbocycles. The van der Waals surface area contributed by atoms with Crippen LogP contribution in [0.3, 0.4) is 0 Å². The molecule has 0 aliphatic heterocycles. The van der Waals surface area contributed by atoms with E-state index in [1.54, 1.807) is 6.07 Å². The third-order valence-corrected chi connectivity index (χ3v) is 3.35. The molecule has 0 unspecified atom stereocenters. The molecule has 2 N–H and O–H groups in total. The Morgan fingerprint density at radius 2 is 2.22 bits per heavy atom. The summed E-state index contributed by atoms with van der Waals surface area (Å²) >= 11 is 7.30. The molecule has 1 aromatic heterocycles. The second kappa shape index (κ2) is 5.65. The van der Waals surface area contributed by atoms with Crippen molar-refractivity contribution in [2.45, 2.75) is 26.3 Å². The Kier molecular flexibility index (Phi) is 4.16. The van der Waals surface area contributed by atoms with Crippen LogP contribution in [0.2, 0.25) is 5.02 Å². The van der Waals surface area contributed by atoms with Gasteiger partial charge in [-0.15, -0.1) is 0 Å². The van der Waals surface area contributed by atoms with Crippen molar-refractivity contribution < 1.29 is 4.74 Å². The van der Waals surface area contributed by atoms with Crippen LogP contribution in [-0.4, -0.2) is 9.36 Å². The van der Waals surface area contributed by atoms with E-state index >= 15 is 0 Å². The van der Waals surface area contributed by atoms with Crippen LogP contribution in [0.5, 0.6) is 10.9 Å². The molecule has 18 heavy (non-hydrogen) atoms. The second-order valence-electron chi connectivity index (χ2n) is 4.13. The molecule has 2 aromatic rings. The average molecular weight is 284 g/mol. The van der Waals surface area contributed by atoms with E-state index in [0.29, 0.717) is 28.4 Å². The summed E-state index contributed by atoms with van der Waals surface area (Å²) in [5.74, 6) is 1.73. The summed E-state index contributed by atoms with van der Waals surface area (Å²) in [5.41, 5.74) is 6.44. The molecule has 0 saturated heterocycles. The minimum absolute atomic E-state index is 0.293. The summed E-state index contributed by atoms with van der Waals surface area (Å²) in [7, 11) is 0. The van der Waals surface area contributed by atoms with Gasteiger partial charge in [-0.1, -0.05) is 31.5 Å². The van der Waals surface area contributed by atoms with E-state index in [-0.39, 0.29) is 0 Å². The summed E-state index contributed by atoms with van der Waals surface area (Å²) in [6.07, 6.45) is 0. The van der Waals surface area contributed by atoms with Crippen molar-refractivity contribution in [3.63, 3.8) is 0 Å². The molecule has 0 aliphatic carbocycles. The number of aromatic nitrogens is 2. The highest BCUT2D eigenvalue weighted by atomic mass is 35.5. The molecule has 0 bridgehead atoms. The van der Waals surface area contributed by atoms with Crippen LogP contribution in [0.25, 0.3) is 0 Å². The summed E-state index contributed by atoms with van der Waals surface area (Å²) in [6, 6.07) is 5.41. The maximum Gasteiger partial charge on any atom is 0.298 e. The van der Waals surface area contributed by atoms with E-state index in [1.165, 1.54) is 11.5 Å². The summed E-state index contributed by atoms with van der Waals surface area (Å²) in [4.78, 5) is 4.29. The van der Waals surface area contributed by atoms with Crippen molar-refractivity contribution >= 4 is 23.1 Å². The van der Waals surface area contributed by atoms with Gasteiger partial charge in [-0.25, -0.2) is 0 Å². The second-order valence-corrected chi connectivity index (χ2v) is 5.25. The van der Waals surface area contributed by atoms with Crippen LogP contribution in [0, 0.1) is 0 Å². The molecule has 0 amide bonds. The molecule has 0 radical (unpaired) electrons. The first-order chi connectivity index (χ1) is 8.60. The number of hydrogen-bond donors (Lipinski definition) is 1. The zero-order valence-corrected chi connectivity index (χ0v) is 11.8. The van der Waals surface area contributed by atoms with E-state index in [1.807, 2.05) is 26.0 Å². The van der Waals surface area contributed by atoms with E-state index in [9.17, 15) is 0 Å². The van der Waals surface area contributed by atoms with E-state index in [0.717, 1.165) is 11.4 Å². The Morgan fingerprint density at radius 1 is 1.44 bits per heavy atom. The van der Waals surface area contributed by atoms with Crippen LogP contribution in [0.15, 0.2) is 18.2 Å². The number of ether oxygens (including phenoxy) is 1. The largest absolute Gasteiger partial charge is 0.430 e. The third-order valence-electron chi connectivity index (χ3n) is 2.39. The molecule has 96 valence electrons.